The van der Waals surface area contributed by atoms with Gasteiger partial charge in [-0.3, -0.25) is 4.79 Å². The number of methoxy groups -OCH3 is 2. The van der Waals surface area contributed by atoms with E-state index < -0.39 is 18.0 Å². The molecule has 0 radical (unpaired) electrons. The molecular weight excluding hydrogens is 396 g/mol. The fourth-order valence-electron chi connectivity index (χ4n) is 3.10. The summed E-state index contributed by atoms with van der Waals surface area (Å²) >= 11 is 0. The highest BCUT2D eigenvalue weighted by Gasteiger charge is 2.26. The van der Waals surface area contributed by atoms with Crippen molar-refractivity contribution >= 4 is 17.6 Å². The van der Waals surface area contributed by atoms with Gasteiger partial charge in [0.25, 0.3) is 5.91 Å². The summed E-state index contributed by atoms with van der Waals surface area (Å²) in [5, 5.41) is 8.94. The highest BCUT2D eigenvalue weighted by molar-refractivity contribution is 5.99. The summed E-state index contributed by atoms with van der Waals surface area (Å²) in [6, 6.07) is 14.1. The Bertz CT molecular complexity index is 966. The predicted octanol–water partition coefficient (Wildman–Crippen LogP) is 3.92. The SMILES string of the molecule is C=CCc1cc(C(=O)OC(C)C(=O)N(CCC#N)c2ccccc2)cc(OC)c1OC. The third-order valence-electron chi connectivity index (χ3n) is 4.57. The number of allylic oxidation sites excluding steroid dienone is 1. The lowest BCUT2D eigenvalue weighted by atomic mass is 10.1. The molecule has 162 valence electrons. The minimum Gasteiger partial charge on any atom is -0.493 e. The summed E-state index contributed by atoms with van der Waals surface area (Å²) < 4.78 is 16.2. The Hall–Kier alpha value is -3.79. The lowest BCUT2D eigenvalue weighted by Gasteiger charge is -2.25. The molecule has 0 N–H and O–H groups in total. The van der Waals surface area contributed by atoms with E-state index >= 15 is 0 Å². The Morgan fingerprint density at radius 2 is 1.90 bits per heavy atom. The van der Waals surface area contributed by atoms with E-state index in [0.29, 0.717) is 29.2 Å². The molecule has 7 heteroatoms. The first-order valence-corrected chi connectivity index (χ1v) is 9.76. The minimum absolute atomic E-state index is 0.155. The highest BCUT2D eigenvalue weighted by Crippen LogP contribution is 2.33. The number of ether oxygens (including phenoxy) is 3. The summed E-state index contributed by atoms with van der Waals surface area (Å²) in [6.45, 7) is 5.42. The van der Waals surface area contributed by atoms with Gasteiger partial charge in [-0.1, -0.05) is 24.3 Å². The largest absolute Gasteiger partial charge is 0.493 e. The molecule has 0 aliphatic heterocycles. The number of nitriles is 1. The van der Waals surface area contributed by atoms with Gasteiger partial charge in [-0.15, -0.1) is 6.58 Å². The zero-order chi connectivity index (χ0) is 22.8. The predicted molar refractivity (Wildman–Crippen MR) is 117 cm³/mol. The minimum atomic E-state index is -1.05. The number of hydrogen-bond acceptors (Lipinski definition) is 6. The molecule has 1 amide bonds. The Labute approximate surface area is 182 Å². The fraction of sp³-hybridized carbons (Fsp3) is 0.292. The van der Waals surface area contributed by atoms with Crippen LogP contribution in [0.1, 0.15) is 29.3 Å². The number of hydrogen-bond donors (Lipinski definition) is 0. The molecule has 0 saturated heterocycles. The molecule has 1 atom stereocenters. The number of carbonyl (C=O) groups is 2. The summed E-state index contributed by atoms with van der Waals surface area (Å²) in [7, 11) is 2.99. The van der Waals surface area contributed by atoms with E-state index in [2.05, 4.69) is 6.58 Å². The smallest absolute Gasteiger partial charge is 0.339 e. The first-order valence-electron chi connectivity index (χ1n) is 9.76. The van der Waals surface area contributed by atoms with Crippen molar-refractivity contribution in [2.45, 2.75) is 25.9 Å². The number of para-hydroxylation sites is 1. The van der Waals surface area contributed by atoms with Crippen LogP contribution in [-0.4, -0.2) is 38.7 Å². The van der Waals surface area contributed by atoms with Crippen molar-refractivity contribution < 1.29 is 23.8 Å². The van der Waals surface area contributed by atoms with Gasteiger partial charge in [0.1, 0.15) is 0 Å². The second-order valence-corrected chi connectivity index (χ2v) is 6.64. The Kier molecular flexibility index (Phi) is 8.64. The molecule has 0 spiro atoms. The van der Waals surface area contributed by atoms with Crippen LogP contribution in [0.3, 0.4) is 0 Å². The molecular formula is C24H26N2O5. The van der Waals surface area contributed by atoms with Crippen LogP contribution in [-0.2, 0) is 16.0 Å². The zero-order valence-corrected chi connectivity index (χ0v) is 18.0. The van der Waals surface area contributed by atoms with Gasteiger partial charge in [0, 0.05) is 17.8 Å². The van der Waals surface area contributed by atoms with Crippen molar-refractivity contribution in [3.63, 3.8) is 0 Å². The van der Waals surface area contributed by atoms with E-state index in [9.17, 15) is 9.59 Å². The number of benzene rings is 2. The van der Waals surface area contributed by atoms with Crippen LogP contribution >= 0.6 is 0 Å². The highest BCUT2D eigenvalue weighted by atomic mass is 16.5. The monoisotopic (exact) mass is 422 g/mol. The van der Waals surface area contributed by atoms with Crippen molar-refractivity contribution in [3.8, 4) is 17.6 Å². The maximum Gasteiger partial charge on any atom is 0.339 e. The van der Waals surface area contributed by atoms with E-state index in [0.717, 1.165) is 0 Å². The molecule has 2 aromatic rings. The maximum atomic E-state index is 13.0. The van der Waals surface area contributed by atoms with Crippen molar-refractivity contribution in [3.05, 3.63) is 66.2 Å². The van der Waals surface area contributed by atoms with Gasteiger partial charge < -0.3 is 19.1 Å². The van der Waals surface area contributed by atoms with Gasteiger partial charge in [0.05, 0.1) is 32.3 Å². The van der Waals surface area contributed by atoms with E-state index in [4.69, 9.17) is 19.5 Å². The molecule has 0 aromatic heterocycles. The summed E-state index contributed by atoms with van der Waals surface area (Å²) in [6.07, 6.45) is 1.25. The van der Waals surface area contributed by atoms with Crippen LogP contribution < -0.4 is 14.4 Å². The molecule has 7 nitrogen and oxygen atoms in total. The molecule has 0 bridgehead atoms. The number of amides is 1. The molecule has 1 unspecified atom stereocenters. The topological polar surface area (TPSA) is 88.9 Å². The Morgan fingerprint density at radius 3 is 2.48 bits per heavy atom. The Morgan fingerprint density at radius 1 is 1.19 bits per heavy atom. The lowest BCUT2D eigenvalue weighted by molar-refractivity contribution is -0.126. The van der Waals surface area contributed by atoms with Crippen LogP contribution in [0.2, 0.25) is 0 Å². The third-order valence-corrected chi connectivity index (χ3v) is 4.57. The third kappa shape index (κ3) is 5.86. The van der Waals surface area contributed by atoms with E-state index in [1.54, 1.807) is 36.4 Å². The fourth-order valence-corrected chi connectivity index (χ4v) is 3.10. The van der Waals surface area contributed by atoms with Crippen molar-refractivity contribution in [2.75, 3.05) is 25.7 Å². The first kappa shape index (κ1) is 23.5. The average molecular weight is 422 g/mol. The Balaban J connectivity index is 2.25. The van der Waals surface area contributed by atoms with E-state index in [1.165, 1.54) is 32.1 Å². The van der Waals surface area contributed by atoms with Crippen molar-refractivity contribution in [2.24, 2.45) is 0 Å². The second-order valence-electron chi connectivity index (χ2n) is 6.64. The van der Waals surface area contributed by atoms with Gasteiger partial charge in [-0.05, 0) is 37.6 Å². The number of rotatable bonds is 10. The normalized spacial score (nSPS) is 11.0. The summed E-state index contributed by atoms with van der Waals surface area (Å²) in [4.78, 5) is 27.2. The van der Waals surface area contributed by atoms with Crippen molar-refractivity contribution in [1.82, 2.24) is 0 Å². The molecule has 0 saturated carbocycles. The van der Waals surface area contributed by atoms with Crippen LogP contribution in [0.4, 0.5) is 5.69 Å². The molecule has 0 aliphatic rings. The van der Waals surface area contributed by atoms with Gasteiger partial charge in [-0.2, -0.15) is 5.26 Å². The number of nitrogens with zero attached hydrogens (tertiary/aromatic N) is 2. The summed E-state index contributed by atoms with van der Waals surface area (Å²) in [5.41, 5.74) is 1.57. The van der Waals surface area contributed by atoms with E-state index in [1.807, 2.05) is 12.1 Å². The standard InChI is InChI=1S/C24H26N2O5/c1-5-10-18-15-19(16-21(29-3)22(18)30-4)24(28)31-17(2)23(27)26(14-9-13-25)20-11-7-6-8-12-20/h5-8,11-12,15-17H,1,9-10,14H2,2-4H3. The van der Waals surface area contributed by atoms with Crippen LogP contribution in [0.25, 0.3) is 0 Å². The van der Waals surface area contributed by atoms with Crippen LogP contribution in [0.15, 0.2) is 55.1 Å². The first-order chi connectivity index (χ1) is 15.0. The van der Waals surface area contributed by atoms with Gasteiger partial charge in [0.15, 0.2) is 17.6 Å². The lowest BCUT2D eigenvalue weighted by Crippen LogP contribution is -2.40. The zero-order valence-electron chi connectivity index (χ0n) is 18.0. The van der Waals surface area contributed by atoms with Gasteiger partial charge in [-0.25, -0.2) is 4.79 Å². The average Bonchev–Trinajstić information content (AvgIpc) is 2.79. The van der Waals surface area contributed by atoms with Crippen molar-refractivity contribution in [1.29, 1.82) is 5.26 Å². The number of esters is 1. The molecule has 2 rings (SSSR count). The molecule has 0 fully saturated rings. The number of carbonyl (C=O) groups excluding carboxylic acids is 2. The van der Waals surface area contributed by atoms with Crippen LogP contribution in [0, 0.1) is 11.3 Å². The molecule has 31 heavy (non-hydrogen) atoms. The number of anilines is 1. The second kappa shape index (κ2) is 11.4. The molecule has 0 heterocycles. The molecule has 0 aliphatic carbocycles. The summed E-state index contributed by atoms with van der Waals surface area (Å²) in [5.74, 6) is -0.190. The molecule has 2 aromatic carbocycles. The van der Waals surface area contributed by atoms with Crippen LogP contribution in [0.5, 0.6) is 11.5 Å². The van der Waals surface area contributed by atoms with E-state index in [-0.39, 0.29) is 18.5 Å². The van der Waals surface area contributed by atoms with Gasteiger partial charge >= 0.3 is 5.97 Å². The van der Waals surface area contributed by atoms with Gasteiger partial charge in [0.2, 0.25) is 0 Å². The quantitative estimate of drug-likeness (QED) is 0.426. The maximum absolute atomic E-state index is 13.0.